The maximum absolute atomic E-state index is 13.5. The zero-order valence-electron chi connectivity index (χ0n) is 24.7. The molecule has 3 fully saturated rings. The number of pyridine rings is 2. The molecule has 3 aliphatic rings. The molecule has 1 atom stereocenters. The van der Waals surface area contributed by atoms with Crippen LogP contribution < -0.4 is 26.4 Å². The van der Waals surface area contributed by atoms with Crippen molar-refractivity contribution in [1.29, 1.82) is 0 Å². The number of anilines is 4. The third kappa shape index (κ3) is 5.69. The van der Waals surface area contributed by atoms with E-state index in [4.69, 9.17) is 5.73 Å². The van der Waals surface area contributed by atoms with E-state index in [0.29, 0.717) is 18.2 Å². The van der Waals surface area contributed by atoms with Gasteiger partial charge in [-0.25, -0.2) is 4.98 Å². The van der Waals surface area contributed by atoms with Gasteiger partial charge in [0.05, 0.1) is 23.6 Å². The van der Waals surface area contributed by atoms with Gasteiger partial charge in [0.1, 0.15) is 0 Å². The molecule has 0 radical (unpaired) electrons. The van der Waals surface area contributed by atoms with E-state index < -0.39 is 5.91 Å². The number of benzene rings is 2. The van der Waals surface area contributed by atoms with E-state index in [-0.39, 0.29) is 17.3 Å². The first-order valence-corrected chi connectivity index (χ1v) is 15.4. The molecule has 0 unspecified atom stereocenters. The molecular formula is C34H39N7O2. The first kappa shape index (κ1) is 27.5. The number of primary amides is 1. The van der Waals surface area contributed by atoms with Crippen molar-refractivity contribution in [1.82, 2.24) is 14.5 Å². The zero-order chi connectivity index (χ0) is 29.5. The summed E-state index contributed by atoms with van der Waals surface area (Å²) < 4.78 is 1.90. The third-order valence-electron chi connectivity index (χ3n) is 9.28. The molecular weight excluding hydrogens is 538 g/mol. The van der Waals surface area contributed by atoms with Gasteiger partial charge in [-0.3, -0.25) is 9.59 Å². The fourth-order valence-corrected chi connectivity index (χ4v) is 6.55. The van der Waals surface area contributed by atoms with Gasteiger partial charge in [0, 0.05) is 62.2 Å². The lowest BCUT2D eigenvalue weighted by Crippen LogP contribution is -2.44. The summed E-state index contributed by atoms with van der Waals surface area (Å²) in [6.07, 6.45) is 8.05. The van der Waals surface area contributed by atoms with Crippen LogP contribution in [0, 0.1) is 0 Å². The van der Waals surface area contributed by atoms with Crippen LogP contribution in [0.4, 0.5) is 22.7 Å². The van der Waals surface area contributed by atoms with Crippen molar-refractivity contribution < 1.29 is 4.79 Å². The van der Waals surface area contributed by atoms with Crippen LogP contribution in [0.5, 0.6) is 0 Å². The second-order valence-electron chi connectivity index (χ2n) is 12.3. The lowest BCUT2D eigenvalue weighted by Gasteiger charge is -2.35. The average Bonchev–Trinajstić information content (AvgIpc) is 3.88. The Morgan fingerprint density at radius 3 is 2.44 bits per heavy atom. The van der Waals surface area contributed by atoms with Crippen LogP contribution in [0.15, 0.2) is 71.8 Å². The van der Waals surface area contributed by atoms with E-state index in [2.05, 4.69) is 62.4 Å². The van der Waals surface area contributed by atoms with Gasteiger partial charge in [-0.05, 0) is 92.1 Å². The number of nitrogens with zero attached hydrogens (tertiary/aromatic N) is 5. The minimum Gasteiger partial charge on any atom is -0.369 e. The van der Waals surface area contributed by atoms with E-state index in [1.54, 1.807) is 6.20 Å². The largest absolute Gasteiger partial charge is 0.369 e. The van der Waals surface area contributed by atoms with Crippen molar-refractivity contribution in [3.63, 3.8) is 0 Å². The minimum atomic E-state index is -0.577. The topological polar surface area (TPSA) is 99.7 Å². The molecule has 2 aromatic heterocycles. The van der Waals surface area contributed by atoms with Crippen LogP contribution >= 0.6 is 0 Å². The Labute approximate surface area is 251 Å². The minimum absolute atomic E-state index is 0.0445. The molecule has 9 nitrogen and oxygen atoms in total. The van der Waals surface area contributed by atoms with Crippen molar-refractivity contribution in [2.75, 3.05) is 61.4 Å². The number of hydrogen-bond donors (Lipinski definition) is 2. The molecule has 4 aromatic rings. The van der Waals surface area contributed by atoms with Crippen LogP contribution in [0.2, 0.25) is 0 Å². The Balaban J connectivity index is 1.10. The molecule has 9 heteroatoms. The number of rotatable bonds is 7. The Morgan fingerprint density at radius 2 is 1.70 bits per heavy atom. The van der Waals surface area contributed by atoms with E-state index >= 15 is 0 Å². The molecule has 2 aromatic carbocycles. The normalized spacial score (nSPS) is 19.5. The SMILES string of the molecule is CN1CCN(c2ccc(Nc3cc(N4CCC[C@@H](n5ccc6cc(C7CC7)ccc6c5=O)C4)cnc3C(N)=O)cc2)CC1. The summed E-state index contributed by atoms with van der Waals surface area (Å²) >= 11 is 0. The number of piperazine rings is 1. The highest BCUT2D eigenvalue weighted by atomic mass is 16.1. The van der Waals surface area contributed by atoms with E-state index in [9.17, 15) is 9.59 Å². The molecule has 3 N–H and O–H groups in total. The maximum atomic E-state index is 13.5. The van der Waals surface area contributed by atoms with E-state index in [0.717, 1.165) is 67.7 Å². The van der Waals surface area contributed by atoms with Crippen LogP contribution in [-0.4, -0.2) is 66.7 Å². The second-order valence-corrected chi connectivity index (χ2v) is 12.3. The first-order chi connectivity index (χ1) is 20.9. The number of hydrogen-bond acceptors (Lipinski definition) is 7. The number of likely N-dealkylation sites (N-methyl/N-ethyl adjacent to an activating group) is 1. The van der Waals surface area contributed by atoms with Gasteiger partial charge in [0.25, 0.3) is 11.5 Å². The zero-order valence-corrected chi connectivity index (χ0v) is 24.7. The third-order valence-corrected chi connectivity index (χ3v) is 9.28. The molecule has 2 saturated heterocycles. The highest BCUT2D eigenvalue weighted by molar-refractivity contribution is 5.97. The van der Waals surface area contributed by atoms with Gasteiger partial charge in [-0.2, -0.15) is 0 Å². The van der Waals surface area contributed by atoms with Crippen molar-refractivity contribution in [3.05, 3.63) is 88.6 Å². The number of nitrogens with two attached hydrogens (primary N) is 1. The Hall–Kier alpha value is -4.37. The number of nitrogens with one attached hydrogen (secondary N) is 1. The Morgan fingerprint density at radius 1 is 0.907 bits per heavy atom. The highest BCUT2D eigenvalue weighted by Crippen LogP contribution is 2.40. The molecule has 7 rings (SSSR count). The van der Waals surface area contributed by atoms with Crippen molar-refractivity contribution >= 4 is 39.4 Å². The Kier molecular flexibility index (Phi) is 7.26. The van der Waals surface area contributed by atoms with Gasteiger partial charge < -0.3 is 30.3 Å². The second kappa shape index (κ2) is 11.4. The molecule has 43 heavy (non-hydrogen) atoms. The predicted octanol–water partition coefficient (Wildman–Crippen LogP) is 4.71. The standard InChI is InChI=1S/C34H39N7O2/c1-38-15-17-39(18-16-38)27-9-7-26(8-10-27)37-31-20-29(21-36-32(31)33(35)42)40-13-2-3-28(22-40)41-14-12-25-19-24(23-4-5-23)6-11-30(25)34(41)43/h6-12,14,19-21,23,28,37H,2-5,13,15-18,22H2,1H3,(H2,35,42)/t28-/m1/s1. The highest BCUT2D eigenvalue weighted by Gasteiger charge is 2.26. The van der Waals surface area contributed by atoms with Gasteiger partial charge in [0.15, 0.2) is 5.69 Å². The lowest BCUT2D eigenvalue weighted by molar-refractivity contribution is 0.0996. The summed E-state index contributed by atoms with van der Waals surface area (Å²) in [5.41, 5.74) is 10.9. The summed E-state index contributed by atoms with van der Waals surface area (Å²) in [4.78, 5) is 37.3. The molecule has 222 valence electrons. The number of amides is 1. The average molecular weight is 578 g/mol. The number of carbonyl (C=O) groups excluding carboxylic acids is 1. The molecule has 0 bridgehead atoms. The molecule has 4 heterocycles. The monoisotopic (exact) mass is 577 g/mol. The van der Waals surface area contributed by atoms with E-state index in [1.165, 1.54) is 24.1 Å². The quantitative estimate of drug-likeness (QED) is 0.328. The summed E-state index contributed by atoms with van der Waals surface area (Å²) in [7, 11) is 2.15. The molecule has 1 amide bonds. The number of piperidine rings is 1. The van der Waals surface area contributed by atoms with Crippen molar-refractivity contribution in [3.8, 4) is 0 Å². The van der Waals surface area contributed by atoms with Gasteiger partial charge in [-0.1, -0.05) is 12.1 Å². The lowest BCUT2D eigenvalue weighted by atomic mass is 10.0. The summed E-state index contributed by atoms with van der Waals surface area (Å²) in [6.45, 7) is 5.64. The van der Waals surface area contributed by atoms with Gasteiger partial charge >= 0.3 is 0 Å². The maximum Gasteiger partial charge on any atom is 0.269 e. The van der Waals surface area contributed by atoms with Crippen LogP contribution in [0.1, 0.15) is 53.7 Å². The van der Waals surface area contributed by atoms with Crippen LogP contribution in [0.25, 0.3) is 10.8 Å². The van der Waals surface area contributed by atoms with E-state index in [1.807, 2.05) is 35.0 Å². The summed E-state index contributed by atoms with van der Waals surface area (Å²) in [5.74, 6) is 0.0845. The fourth-order valence-electron chi connectivity index (χ4n) is 6.55. The Bertz CT molecular complexity index is 1700. The van der Waals surface area contributed by atoms with Crippen LogP contribution in [0.3, 0.4) is 0 Å². The predicted molar refractivity (Wildman–Crippen MR) is 173 cm³/mol. The van der Waals surface area contributed by atoms with Crippen molar-refractivity contribution in [2.45, 2.75) is 37.6 Å². The molecule has 2 aliphatic heterocycles. The van der Waals surface area contributed by atoms with Gasteiger partial charge in [0.2, 0.25) is 0 Å². The molecule has 1 saturated carbocycles. The van der Waals surface area contributed by atoms with Crippen LogP contribution in [-0.2, 0) is 0 Å². The number of aromatic nitrogens is 2. The number of carbonyl (C=O) groups is 1. The first-order valence-electron chi connectivity index (χ1n) is 15.4. The summed E-state index contributed by atoms with van der Waals surface area (Å²) in [6, 6.07) is 18.7. The molecule has 1 aliphatic carbocycles. The fraction of sp³-hybridized carbons (Fsp3) is 0.382. The number of fused-ring (bicyclic) bond motifs is 1. The van der Waals surface area contributed by atoms with Crippen molar-refractivity contribution in [2.24, 2.45) is 5.73 Å². The smallest absolute Gasteiger partial charge is 0.269 e. The summed E-state index contributed by atoms with van der Waals surface area (Å²) in [5, 5.41) is 5.19. The van der Waals surface area contributed by atoms with Gasteiger partial charge in [-0.15, -0.1) is 0 Å². The molecule has 0 spiro atoms.